The van der Waals surface area contributed by atoms with Crippen LogP contribution in [0.4, 0.5) is 5.95 Å². The first-order valence-corrected chi connectivity index (χ1v) is 5.68. The van der Waals surface area contributed by atoms with Gasteiger partial charge in [-0.15, -0.1) is 0 Å². The van der Waals surface area contributed by atoms with E-state index in [9.17, 15) is 0 Å². The van der Waals surface area contributed by atoms with Gasteiger partial charge in [0, 0.05) is 24.2 Å². The molecule has 0 fully saturated rings. The highest BCUT2D eigenvalue weighted by molar-refractivity contribution is 5.27. The number of anilines is 1. The average molecular weight is 222 g/mol. The van der Waals surface area contributed by atoms with Crippen LogP contribution in [0.2, 0.25) is 0 Å². The van der Waals surface area contributed by atoms with Crippen molar-refractivity contribution in [1.29, 1.82) is 0 Å². The normalized spacial score (nSPS) is 13.6. The molecule has 0 bridgehead atoms. The van der Waals surface area contributed by atoms with Gasteiger partial charge in [0.15, 0.2) is 0 Å². The number of hydrogen-bond donors (Lipinski definition) is 2. The minimum Gasteiger partial charge on any atom is -0.353 e. The van der Waals surface area contributed by atoms with Crippen molar-refractivity contribution in [1.82, 2.24) is 15.3 Å². The van der Waals surface area contributed by atoms with Gasteiger partial charge in [-0.05, 0) is 20.0 Å². The summed E-state index contributed by atoms with van der Waals surface area (Å²) in [6.45, 7) is 9.38. The maximum absolute atomic E-state index is 4.50. The van der Waals surface area contributed by atoms with Crippen LogP contribution >= 0.6 is 0 Å². The van der Waals surface area contributed by atoms with Gasteiger partial charge in [-0.25, -0.2) is 9.97 Å². The molecule has 0 aliphatic rings. The Kier molecular flexibility index (Phi) is 4.24. The van der Waals surface area contributed by atoms with E-state index in [0.29, 0.717) is 12.0 Å². The van der Waals surface area contributed by atoms with E-state index in [1.807, 2.05) is 13.1 Å². The fraction of sp³-hybridized carbons (Fsp3) is 0.667. The lowest BCUT2D eigenvalue weighted by atomic mass is 9.92. The van der Waals surface area contributed by atoms with E-state index in [-0.39, 0.29) is 5.41 Å². The van der Waals surface area contributed by atoms with Gasteiger partial charge >= 0.3 is 0 Å². The average Bonchev–Trinajstić information content (AvgIpc) is 2.25. The van der Waals surface area contributed by atoms with Crippen LogP contribution in [-0.4, -0.2) is 29.6 Å². The predicted molar refractivity (Wildman–Crippen MR) is 67.7 cm³/mol. The summed E-state index contributed by atoms with van der Waals surface area (Å²) in [4.78, 5) is 8.71. The molecule has 0 aliphatic carbocycles. The molecule has 1 rings (SSSR count). The number of nitrogens with one attached hydrogen (secondary N) is 2. The second-order valence-electron chi connectivity index (χ2n) is 5.09. The van der Waals surface area contributed by atoms with E-state index < -0.39 is 0 Å². The van der Waals surface area contributed by atoms with E-state index in [1.165, 1.54) is 0 Å². The Morgan fingerprint density at radius 2 is 2.06 bits per heavy atom. The lowest BCUT2D eigenvalue weighted by Crippen LogP contribution is -2.30. The van der Waals surface area contributed by atoms with Crippen molar-refractivity contribution in [2.45, 2.75) is 39.2 Å². The summed E-state index contributed by atoms with van der Waals surface area (Å²) in [5, 5.41) is 6.39. The van der Waals surface area contributed by atoms with Crippen LogP contribution in [0.5, 0.6) is 0 Å². The third kappa shape index (κ3) is 3.77. The van der Waals surface area contributed by atoms with E-state index >= 15 is 0 Å². The summed E-state index contributed by atoms with van der Waals surface area (Å²) in [7, 11) is 1.94. The Balaban J connectivity index is 2.68. The van der Waals surface area contributed by atoms with E-state index in [1.54, 1.807) is 6.20 Å². The number of hydrogen-bond acceptors (Lipinski definition) is 4. The first-order chi connectivity index (χ1) is 7.43. The molecule has 0 spiro atoms. The van der Waals surface area contributed by atoms with Crippen LogP contribution in [0.1, 0.15) is 33.4 Å². The first kappa shape index (κ1) is 12.9. The van der Waals surface area contributed by atoms with Gasteiger partial charge in [0.05, 0.1) is 5.69 Å². The van der Waals surface area contributed by atoms with Gasteiger partial charge in [0.2, 0.25) is 5.95 Å². The Hall–Kier alpha value is -1.16. The van der Waals surface area contributed by atoms with Gasteiger partial charge < -0.3 is 10.6 Å². The fourth-order valence-electron chi connectivity index (χ4n) is 1.21. The zero-order valence-electron chi connectivity index (χ0n) is 10.8. The topological polar surface area (TPSA) is 49.8 Å². The zero-order valence-corrected chi connectivity index (χ0v) is 10.8. The van der Waals surface area contributed by atoms with Crippen molar-refractivity contribution in [3.05, 3.63) is 18.0 Å². The molecule has 1 heterocycles. The largest absolute Gasteiger partial charge is 0.353 e. The van der Waals surface area contributed by atoms with Crippen LogP contribution in [0.15, 0.2) is 12.3 Å². The van der Waals surface area contributed by atoms with Crippen molar-refractivity contribution in [2.75, 3.05) is 18.9 Å². The molecule has 90 valence electrons. The second kappa shape index (κ2) is 5.25. The number of aromatic nitrogens is 2. The van der Waals surface area contributed by atoms with Crippen LogP contribution in [-0.2, 0) is 5.41 Å². The minimum atomic E-state index is 0.0635. The SMILES string of the molecule is CNC(C)CNc1nccc(C(C)(C)C)n1. The van der Waals surface area contributed by atoms with Gasteiger partial charge in [0.25, 0.3) is 0 Å². The Bertz CT molecular complexity index is 330. The maximum Gasteiger partial charge on any atom is 0.222 e. The van der Waals surface area contributed by atoms with Crippen molar-refractivity contribution in [2.24, 2.45) is 0 Å². The Labute approximate surface area is 97.9 Å². The summed E-state index contributed by atoms with van der Waals surface area (Å²) < 4.78 is 0. The Morgan fingerprint density at radius 3 is 2.62 bits per heavy atom. The van der Waals surface area contributed by atoms with Gasteiger partial charge in [0.1, 0.15) is 0 Å². The van der Waals surface area contributed by atoms with E-state index in [0.717, 1.165) is 12.2 Å². The highest BCUT2D eigenvalue weighted by atomic mass is 15.1. The van der Waals surface area contributed by atoms with Crippen molar-refractivity contribution in [3.63, 3.8) is 0 Å². The first-order valence-electron chi connectivity index (χ1n) is 5.68. The van der Waals surface area contributed by atoms with Gasteiger partial charge in [-0.2, -0.15) is 0 Å². The third-order valence-corrected chi connectivity index (χ3v) is 2.48. The quantitative estimate of drug-likeness (QED) is 0.815. The fourth-order valence-corrected chi connectivity index (χ4v) is 1.21. The molecule has 0 saturated carbocycles. The summed E-state index contributed by atoms with van der Waals surface area (Å²) in [6.07, 6.45) is 1.81. The molecule has 0 amide bonds. The standard InChI is InChI=1S/C12H22N4/c1-9(13-5)8-15-11-14-7-6-10(16-11)12(2,3)4/h6-7,9,13H,8H2,1-5H3,(H,14,15,16). The lowest BCUT2D eigenvalue weighted by molar-refractivity contribution is 0.566. The maximum atomic E-state index is 4.50. The monoisotopic (exact) mass is 222 g/mol. The molecule has 1 unspecified atom stereocenters. The minimum absolute atomic E-state index is 0.0635. The van der Waals surface area contributed by atoms with E-state index in [4.69, 9.17) is 0 Å². The van der Waals surface area contributed by atoms with Crippen molar-refractivity contribution >= 4 is 5.95 Å². The van der Waals surface area contributed by atoms with Crippen molar-refractivity contribution in [3.8, 4) is 0 Å². The van der Waals surface area contributed by atoms with Crippen LogP contribution in [0.25, 0.3) is 0 Å². The summed E-state index contributed by atoms with van der Waals surface area (Å²) in [6, 6.07) is 2.37. The molecular formula is C12H22N4. The summed E-state index contributed by atoms with van der Waals surface area (Å²) >= 11 is 0. The highest BCUT2D eigenvalue weighted by Crippen LogP contribution is 2.19. The predicted octanol–water partition coefficient (Wildman–Crippen LogP) is 1.79. The lowest BCUT2D eigenvalue weighted by Gasteiger charge is -2.18. The van der Waals surface area contributed by atoms with Crippen LogP contribution in [0.3, 0.4) is 0 Å². The van der Waals surface area contributed by atoms with Gasteiger partial charge in [-0.1, -0.05) is 20.8 Å². The van der Waals surface area contributed by atoms with Gasteiger partial charge in [-0.3, -0.25) is 0 Å². The smallest absolute Gasteiger partial charge is 0.222 e. The molecule has 0 aromatic carbocycles. The second-order valence-corrected chi connectivity index (χ2v) is 5.09. The zero-order chi connectivity index (χ0) is 12.2. The Morgan fingerprint density at radius 1 is 1.38 bits per heavy atom. The van der Waals surface area contributed by atoms with E-state index in [2.05, 4.69) is 48.3 Å². The molecule has 1 atom stereocenters. The molecule has 0 aliphatic heterocycles. The molecule has 16 heavy (non-hydrogen) atoms. The summed E-state index contributed by atoms with van der Waals surface area (Å²) in [5.41, 5.74) is 1.12. The summed E-state index contributed by atoms with van der Waals surface area (Å²) in [5.74, 6) is 0.703. The molecule has 0 saturated heterocycles. The van der Waals surface area contributed by atoms with Crippen molar-refractivity contribution < 1.29 is 0 Å². The highest BCUT2D eigenvalue weighted by Gasteiger charge is 2.15. The number of rotatable bonds is 4. The third-order valence-electron chi connectivity index (χ3n) is 2.48. The molecule has 4 nitrogen and oxygen atoms in total. The molecule has 1 aromatic heterocycles. The van der Waals surface area contributed by atoms with Crippen LogP contribution < -0.4 is 10.6 Å². The molecule has 2 N–H and O–H groups in total. The molecule has 0 radical (unpaired) electrons. The molecule has 1 aromatic rings. The molecule has 4 heteroatoms. The number of nitrogens with zero attached hydrogens (tertiary/aromatic N) is 2. The van der Waals surface area contributed by atoms with Crippen LogP contribution in [0, 0.1) is 0 Å². The molecular weight excluding hydrogens is 200 g/mol. The number of likely N-dealkylation sites (N-methyl/N-ethyl adjacent to an activating group) is 1.